The van der Waals surface area contributed by atoms with Gasteiger partial charge in [0, 0.05) is 0 Å². The minimum Gasteiger partial charge on any atom is -0.375 e. The Labute approximate surface area is 73.2 Å². The van der Waals surface area contributed by atoms with E-state index in [4.69, 9.17) is 10.8 Å². The molecule has 5 N–H and O–H groups in total. The standard InChI is InChI=1S/C8H9N3O2/c9-7(12)4-1-2-5-6(3-4)11-8(13)10-5/h1-3,7,12H,9H2,(H2,10,11,13). The fourth-order valence-corrected chi connectivity index (χ4v) is 1.23. The van der Waals surface area contributed by atoms with E-state index in [1.807, 2.05) is 0 Å². The number of nitrogens with two attached hydrogens (primary N) is 1. The Bertz CT molecular complexity index is 483. The normalized spacial score (nSPS) is 13.4. The predicted octanol–water partition coefficient (Wildman–Crippen LogP) is -0.194. The molecule has 0 aliphatic rings. The summed E-state index contributed by atoms with van der Waals surface area (Å²) in [5, 5.41) is 9.07. The first-order valence-electron chi connectivity index (χ1n) is 3.82. The summed E-state index contributed by atoms with van der Waals surface area (Å²) in [4.78, 5) is 16.0. The van der Waals surface area contributed by atoms with E-state index in [0.717, 1.165) is 0 Å². The molecule has 2 aromatic rings. The van der Waals surface area contributed by atoms with Crippen molar-refractivity contribution >= 4 is 11.0 Å². The molecule has 0 spiro atoms. The third-order valence-electron chi connectivity index (χ3n) is 1.88. The number of benzene rings is 1. The van der Waals surface area contributed by atoms with Crippen molar-refractivity contribution in [1.29, 1.82) is 0 Å². The van der Waals surface area contributed by atoms with Gasteiger partial charge in [-0.3, -0.25) is 0 Å². The molecule has 0 aliphatic carbocycles. The lowest BCUT2D eigenvalue weighted by molar-refractivity contribution is 0.186. The van der Waals surface area contributed by atoms with E-state index in [2.05, 4.69) is 9.97 Å². The van der Waals surface area contributed by atoms with Crippen LogP contribution in [0.5, 0.6) is 0 Å². The maximum Gasteiger partial charge on any atom is 0.323 e. The number of nitrogens with one attached hydrogen (secondary N) is 2. The zero-order valence-corrected chi connectivity index (χ0v) is 6.74. The van der Waals surface area contributed by atoms with Gasteiger partial charge >= 0.3 is 5.69 Å². The van der Waals surface area contributed by atoms with Crippen molar-refractivity contribution in [2.45, 2.75) is 6.23 Å². The monoisotopic (exact) mass is 179 g/mol. The molecular formula is C8H9N3O2. The van der Waals surface area contributed by atoms with Crippen LogP contribution in [0.3, 0.4) is 0 Å². The van der Waals surface area contributed by atoms with Crippen molar-refractivity contribution < 1.29 is 5.11 Å². The highest BCUT2D eigenvalue weighted by Gasteiger charge is 2.03. The first-order valence-corrected chi connectivity index (χ1v) is 3.82. The summed E-state index contributed by atoms with van der Waals surface area (Å²) in [5.41, 5.74) is 6.92. The second-order valence-corrected chi connectivity index (χ2v) is 2.83. The van der Waals surface area contributed by atoms with E-state index in [1.165, 1.54) is 0 Å². The van der Waals surface area contributed by atoms with Gasteiger partial charge in [0.25, 0.3) is 0 Å². The van der Waals surface area contributed by atoms with E-state index in [-0.39, 0.29) is 5.69 Å². The zero-order chi connectivity index (χ0) is 9.42. The second kappa shape index (κ2) is 2.72. The van der Waals surface area contributed by atoms with Gasteiger partial charge in [-0.25, -0.2) is 4.79 Å². The van der Waals surface area contributed by atoms with E-state index >= 15 is 0 Å². The molecule has 0 radical (unpaired) electrons. The number of H-pyrrole nitrogens is 2. The van der Waals surface area contributed by atoms with Gasteiger partial charge in [-0.1, -0.05) is 6.07 Å². The molecule has 2 rings (SSSR count). The van der Waals surface area contributed by atoms with Gasteiger partial charge in [0.15, 0.2) is 0 Å². The van der Waals surface area contributed by atoms with Crippen LogP contribution >= 0.6 is 0 Å². The van der Waals surface area contributed by atoms with Crippen LogP contribution in [0.4, 0.5) is 0 Å². The first-order chi connectivity index (χ1) is 6.16. The topological polar surface area (TPSA) is 94.9 Å². The molecule has 5 heteroatoms. The molecule has 1 aromatic heterocycles. The Hall–Kier alpha value is -1.59. The molecule has 0 aliphatic heterocycles. The Kier molecular flexibility index (Phi) is 1.68. The summed E-state index contributed by atoms with van der Waals surface area (Å²) in [6.07, 6.45) is -1.01. The molecule has 0 amide bonds. The molecule has 1 unspecified atom stereocenters. The highest BCUT2D eigenvalue weighted by molar-refractivity contribution is 5.75. The van der Waals surface area contributed by atoms with Gasteiger partial charge in [-0.05, 0) is 17.7 Å². The SMILES string of the molecule is NC(O)c1ccc2[nH]c(=O)[nH]c2c1. The third-order valence-corrected chi connectivity index (χ3v) is 1.88. The molecule has 1 atom stereocenters. The quantitative estimate of drug-likeness (QED) is 0.457. The summed E-state index contributed by atoms with van der Waals surface area (Å²) in [6.45, 7) is 0. The summed E-state index contributed by atoms with van der Waals surface area (Å²) in [5.74, 6) is 0. The van der Waals surface area contributed by atoms with Crippen molar-refractivity contribution in [3.05, 3.63) is 34.2 Å². The summed E-state index contributed by atoms with van der Waals surface area (Å²) in [7, 11) is 0. The Balaban J connectivity index is 2.68. The first kappa shape index (κ1) is 8.03. The average molecular weight is 179 g/mol. The fourth-order valence-electron chi connectivity index (χ4n) is 1.23. The number of rotatable bonds is 1. The van der Waals surface area contributed by atoms with Gasteiger partial charge < -0.3 is 20.8 Å². The predicted molar refractivity (Wildman–Crippen MR) is 48.1 cm³/mol. The minimum atomic E-state index is -1.01. The lowest BCUT2D eigenvalue weighted by atomic mass is 10.2. The molecule has 0 saturated carbocycles. The molecule has 0 fully saturated rings. The maximum absolute atomic E-state index is 10.9. The fraction of sp³-hybridized carbons (Fsp3) is 0.125. The van der Waals surface area contributed by atoms with Gasteiger partial charge in [0.2, 0.25) is 0 Å². The Morgan fingerprint density at radius 3 is 2.69 bits per heavy atom. The van der Waals surface area contributed by atoms with Crippen LogP contribution in [0.15, 0.2) is 23.0 Å². The van der Waals surface area contributed by atoms with E-state index in [1.54, 1.807) is 18.2 Å². The van der Waals surface area contributed by atoms with E-state index in [0.29, 0.717) is 16.6 Å². The van der Waals surface area contributed by atoms with E-state index < -0.39 is 6.23 Å². The smallest absolute Gasteiger partial charge is 0.323 e. The molecule has 1 heterocycles. The zero-order valence-electron chi connectivity index (χ0n) is 6.74. The molecule has 0 saturated heterocycles. The number of hydrogen-bond donors (Lipinski definition) is 4. The Morgan fingerprint density at radius 1 is 1.31 bits per heavy atom. The summed E-state index contributed by atoms with van der Waals surface area (Å²) in [6, 6.07) is 4.99. The van der Waals surface area contributed by atoms with Crippen LogP contribution in [-0.2, 0) is 0 Å². The molecule has 68 valence electrons. The van der Waals surface area contributed by atoms with Crippen molar-refractivity contribution in [2.24, 2.45) is 5.73 Å². The number of aromatic amines is 2. The van der Waals surface area contributed by atoms with Crippen LogP contribution in [0.25, 0.3) is 11.0 Å². The van der Waals surface area contributed by atoms with Crippen molar-refractivity contribution in [1.82, 2.24) is 9.97 Å². The van der Waals surface area contributed by atoms with Crippen LogP contribution in [0.1, 0.15) is 11.8 Å². The minimum absolute atomic E-state index is 0.265. The number of aromatic nitrogens is 2. The molecule has 0 bridgehead atoms. The van der Waals surface area contributed by atoms with Crippen LogP contribution < -0.4 is 11.4 Å². The second-order valence-electron chi connectivity index (χ2n) is 2.83. The summed E-state index contributed by atoms with van der Waals surface area (Å²) < 4.78 is 0. The number of fused-ring (bicyclic) bond motifs is 1. The van der Waals surface area contributed by atoms with Crippen LogP contribution in [0, 0.1) is 0 Å². The molecular weight excluding hydrogens is 170 g/mol. The van der Waals surface area contributed by atoms with Gasteiger partial charge in [0.1, 0.15) is 6.23 Å². The lowest BCUT2D eigenvalue weighted by Crippen LogP contribution is -2.07. The Morgan fingerprint density at radius 2 is 2.00 bits per heavy atom. The number of aliphatic hydroxyl groups is 1. The summed E-state index contributed by atoms with van der Waals surface area (Å²) >= 11 is 0. The molecule has 1 aromatic carbocycles. The van der Waals surface area contributed by atoms with Gasteiger partial charge in [-0.15, -0.1) is 0 Å². The molecule has 5 nitrogen and oxygen atoms in total. The number of aliphatic hydroxyl groups excluding tert-OH is 1. The van der Waals surface area contributed by atoms with Gasteiger partial charge in [-0.2, -0.15) is 0 Å². The third kappa shape index (κ3) is 1.34. The largest absolute Gasteiger partial charge is 0.375 e. The lowest BCUT2D eigenvalue weighted by Gasteiger charge is -2.02. The average Bonchev–Trinajstić information content (AvgIpc) is 2.42. The van der Waals surface area contributed by atoms with Crippen molar-refractivity contribution in [3.63, 3.8) is 0 Å². The van der Waals surface area contributed by atoms with Crippen LogP contribution in [0.2, 0.25) is 0 Å². The number of hydrogen-bond acceptors (Lipinski definition) is 3. The van der Waals surface area contributed by atoms with Crippen molar-refractivity contribution in [3.8, 4) is 0 Å². The van der Waals surface area contributed by atoms with Gasteiger partial charge in [0.05, 0.1) is 11.0 Å². The highest BCUT2D eigenvalue weighted by atomic mass is 16.3. The van der Waals surface area contributed by atoms with Crippen LogP contribution in [-0.4, -0.2) is 15.1 Å². The molecule has 13 heavy (non-hydrogen) atoms. The maximum atomic E-state index is 10.9. The highest BCUT2D eigenvalue weighted by Crippen LogP contribution is 2.13. The van der Waals surface area contributed by atoms with Crippen molar-refractivity contribution in [2.75, 3.05) is 0 Å². The van der Waals surface area contributed by atoms with E-state index in [9.17, 15) is 4.79 Å². The number of imidazole rings is 1.